The number of aryl methyl sites for hydroxylation is 2. The fourth-order valence-electron chi connectivity index (χ4n) is 1.82. The molecule has 0 aromatic heterocycles. The average Bonchev–Trinajstić information content (AvgIpc) is 2.28. The summed E-state index contributed by atoms with van der Waals surface area (Å²) in [5.41, 5.74) is 9.13. The first-order chi connectivity index (χ1) is 7.58. The first-order valence-corrected chi connectivity index (χ1v) is 5.67. The Balaban J connectivity index is 2.86. The van der Waals surface area contributed by atoms with Crippen LogP contribution < -0.4 is 5.73 Å². The Hall–Kier alpha value is -1.35. The monoisotopic (exact) mass is 221 g/mol. The molecule has 1 atom stereocenters. The Bertz CT molecular complexity index is 374. The lowest BCUT2D eigenvalue weighted by atomic mass is 9.97. The maximum atomic E-state index is 10.7. The molecule has 3 nitrogen and oxygen atoms in total. The molecule has 88 valence electrons. The van der Waals surface area contributed by atoms with Crippen molar-refractivity contribution in [2.45, 2.75) is 39.2 Å². The first kappa shape index (κ1) is 12.7. The van der Waals surface area contributed by atoms with Crippen LogP contribution in [0.5, 0.6) is 0 Å². The van der Waals surface area contributed by atoms with E-state index in [0.717, 1.165) is 18.4 Å². The lowest BCUT2D eigenvalue weighted by Crippen LogP contribution is -2.32. The van der Waals surface area contributed by atoms with Crippen LogP contribution in [0, 0.1) is 0 Å². The summed E-state index contributed by atoms with van der Waals surface area (Å²) < 4.78 is 0. The second-order valence-corrected chi connectivity index (χ2v) is 3.96. The fraction of sp³-hybridized carbons (Fsp3) is 0.462. The van der Waals surface area contributed by atoms with E-state index in [1.807, 2.05) is 6.07 Å². The summed E-state index contributed by atoms with van der Waals surface area (Å²) >= 11 is 0. The van der Waals surface area contributed by atoms with Crippen molar-refractivity contribution in [2.75, 3.05) is 0 Å². The van der Waals surface area contributed by atoms with E-state index >= 15 is 0 Å². The van der Waals surface area contributed by atoms with Gasteiger partial charge in [0.25, 0.3) is 0 Å². The molecule has 0 bridgehead atoms. The van der Waals surface area contributed by atoms with Crippen molar-refractivity contribution in [1.29, 1.82) is 0 Å². The second kappa shape index (κ2) is 5.66. The number of hydrogen-bond acceptors (Lipinski definition) is 2. The van der Waals surface area contributed by atoms with Crippen LogP contribution >= 0.6 is 0 Å². The molecule has 0 saturated heterocycles. The van der Waals surface area contributed by atoms with Crippen molar-refractivity contribution < 1.29 is 9.90 Å². The van der Waals surface area contributed by atoms with Gasteiger partial charge in [-0.1, -0.05) is 32.0 Å². The molecule has 0 aliphatic carbocycles. The topological polar surface area (TPSA) is 63.3 Å². The molecule has 0 heterocycles. The highest BCUT2D eigenvalue weighted by Gasteiger charge is 2.12. The molecule has 1 aromatic carbocycles. The second-order valence-electron chi connectivity index (χ2n) is 3.96. The molecule has 0 saturated carbocycles. The fourth-order valence-corrected chi connectivity index (χ4v) is 1.82. The van der Waals surface area contributed by atoms with Gasteiger partial charge in [-0.05, 0) is 36.0 Å². The zero-order valence-corrected chi connectivity index (χ0v) is 9.86. The summed E-state index contributed by atoms with van der Waals surface area (Å²) in [7, 11) is 0. The van der Waals surface area contributed by atoms with E-state index in [2.05, 4.69) is 26.0 Å². The van der Waals surface area contributed by atoms with E-state index in [1.165, 1.54) is 11.1 Å². The lowest BCUT2D eigenvalue weighted by Gasteiger charge is -2.10. The number of aliphatic carboxylic acids is 1. The standard InChI is InChI=1S/C13H19NO2/c1-3-10-6-5-9(7-11(10)4-2)8-12(14)13(15)16/h5-7,12H,3-4,8,14H2,1-2H3,(H,15,16)/t12-/m1/s1. The number of carboxylic acid groups (broad SMARTS) is 1. The highest BCUT2D eigenvalue weighted by atomic mass is 16.4. The Labute approximate surface area is 96.3 Å². The van der Waals surface area contributed by atoms with Crippen LogP contribution in [0.25, 0.3) is 0 Å². The predicted molar refractivity (Wildman–Crippen MR) is 64.5 cm³/mol. The number of carbonyl (C=O) groups is 1. The van der Waals surface area contributed by atoms with Gasteiger partial charge in [0, 0.05) is 0 Å². The highest BCUT2D eigenvalue weighted by Crippen LogP contribution is 2.14. The van der Waals surface area contributed by atoms with Crippen LogP contribution in [0.4, 0.5) is 0 Å². The Morgan fingerprint density at radius 3 is 2.44 bits per heavy atom. The van der Waals surface area contributed by atoms with Crippen LogP contribution in [0.2, 0.25) is 0 Å². The molecule has 0 fully saturated rings. The number of nitrogens with two attached hydrogens (primary N) is 1. The Morgan fingerprint density at radius 1 is 1.31 bits per heavy atom. The molecule has 0 aliphatic heterocycles. The van der Waals surface area contributed by atoms with Gasteiger partial charge in [-0.3, -0.25) is 4.79 Å². The smallest absolute Gasteiger partial charge is 0.320 e. The molecule has 1 aromatic rings. The first-order valence-electron chi connectivity index (χ1n) is 5.67. The summed E-state index contributed by atoms with van der Waals surface area (Å²) in [5, 5.41) is 8.75. The zero-order chi connectivity index (χ0) is 12.1. The third-order valence-corrected chi connectivity index (χ3v) is 2.81. The molecular weight excluding hydrogens is 202 g/mol. The van der Waals surface area contributed by atoms with Crippen LogP contribution in [-0.2, 0) is 24.1 Å². The third kappa shape index (κ3) is 3.07. The molecule has 0 spiro atoms. The summed E-state index contributed by atoms with van der Waals surface area (Å²) in [6.45, 7) is 4.23. The summed E-state index contributed by atoms with van der Waals surface area (Å²) in [4.78, 5) is 10.7. The molecular formula is C13H19NO2. The molecule has 0 amide bonds. The Morgan fingerprint density at radius 2 is 1.94 bits per heavy atom. The number of carboxylic acids is 1. The minimum atomic E-state index is -0.947. The van der Waals surface area contributed by atoms with Gasteiger partial charge in [-0.25, -0.2) is 0 Å². The van der Waals surface area contributed by atoms with Crippen LogP contribution in [0.1, 0.15) is 30.5 Å². The maximum Gasteiger partial charge on any atom is 0.320 e. The van der Waals surface area contributed by atoms with Gasteiger partial charge < -0.3 is 10.8 Å². The van der Waals surface area contributed by atoms with Gasteiger partial charge in [0.2, 0.25) is 0 Å². The van der Waals surface area contributed by atoms with Gasteiger partial charge in [-0.15, -0.1) is 0 Å². The number of benzene rings is 1. The van der Waals surface area contributed by atoms with E-state index in [4.69, 9.17) is 10.8 Å². The minimum Gasteiger partial charge on any atom is -0.480 e. The molecule has 16 heavy (non-hydrogen) atoms. The van der Waals surface area contributed by atoms with Crippen molar-refractivity contribution >= 4 is 5.97 Å². The van der Waals surface area contributed by atoms with Gasteiger partial charge in [0.1, 0.15) is 6.04 Å². The summed E-state index contributed by atoms with van der Waals surface area (Å²) in [6, 6.07) is 5.31. The van der Waals surface area contributed by atoms with Crippen molar-refractivity contribution in [3.05, 3.63) is 34.9 Å². The normalized spacial score (nSPS) is 12.4. The van der Waals surface area contributed by atoms with Gasteiger partial charge in [0.05, 0.1) is 0 Å². The molecule has 1 rings (SSSR count). The predicted octanol–water partition coefficient (Wildman–Crippen LogP) is 1.77. The molecule has 3 heteroatoms. The van der Waals surface area contributed by atoms with Gasteiger partial charge in [-0.2, -0.15) is 0 Å². The lowest BCUT2D eigenvalue weighted by molar-refractivity contribution is -0.138. The van der Waals surface area contributed by atoms with Crippen LogP contribution in [-0.4, -0.2) is 17.1 Å². The number of rotatable bonds is 5. The molecule has 0 unspecified atom stereocenters. The molecule has 0 radical (unpaired) electrons. The van der Waals surface area contributed by atoms with Gasteiger partial charge in [0.15, 0.2) is 0 Å². The molecule has 0 aliphatic rings. The highest BCUT2D eigenvalue weighted by molar-refractivity contribution is 5.73. The minimum absolute atomic E-state index is 0.395. The Kier molecular flexibility index (Phi) is 4.50. The maximum absolute atomic E-state index is 10.7. The van der Waals surface area contributed by atoms with E-state index in [0.29, 0.717) is 6.42 Å². The van der Waals surface area contributed by atoms with E-state index in [-0.39, 0.29) is 0 Å². The molecule has 3 N–H and O–H groups in total. The van der Waals surface area contributed by atoms with Gasteiger partial charge >= 0.3 is 5.97 Å². The quantitative estimate of drug-likeness (QED) is 0.796. The summed E-state index contributed by atoms with van der Waals surface area (Å²) in [5.74, 6) is -0.947. The van der Waals surface area contributed by atoms with Crippen molar-refractivity contribution in [1.82, 2.24) is 0 Å². The van der Waals surface area contributed by atoms with Crippen molar-refractivity contribution in [3.63, 3.8) is 0 Å². The average molecular weight is 221 g/mol. The number of hydrogen-bond donors (Lipinski definition) is 2. The zero-order valence-electron chi connectivity index (χ0n) is 9.86. The van der Waals surface area contributed by atoms with Crippen LogP contribution in [0.15, 0.2) is 18.2 Å². The van der Waals surface area contributed by atoms with Crippen molar-refractivity contribution in [2.24, 2.45) is 5.73 Å². The van der Waals surface area contributed by atoms with E-state index < -0.39 is 12.0 Å². The summed E-state index contributed by atoms with van der Waals surface area (Å²) in [6.07, 6.45) is 2.38. The van der Waals surface area contributed by atoms with E-state index in [1.54, 1.807) is 0 Å². The van der Waals surface area contributed by atoms with Crippen molar-refractivity contribution in [3.8, 4) is 0 Å². The largest absolute Gasteiger partial charge is 0.480 e. The van der Waals surface area contributed by atoms with Crippen LogP contribution in [0.3, 0.4) is 0 Å². The SMILES string of the molecule is CCc1ccc(C[C@@H](N)C(=O)O)cc1CC. The van der Waals surface area contributed by atoms with E-state index in [9.17, 15) is 4.79 Å². The third-order valence-electron chi connectivity index (χ3n) is 2.81.